The number of rotatable bonds is 5. The predicted molar refractivity (Wildman–Crippen MR) is 135 cm³/mol. The van der Waals surface area contributed by atoms with Crippen molar-refractivity contribution in [3.8, 4) is 28.0 Å². The Morgan fingerprint density at radius 2 is 1.55 bits per heavy atom. The van der Waals surface area contributed by atoms with Crippen molar-refractivity contribution in [2.75, 3.05) is 6.61 Å². The summed E-state index contributed by atoms with van der Waals surface area (Å²) >= 11 is 0. The molecule has 3 N–H and O–H groups in total. The maximum atomic E-state index is 13.3. The summed E-state index contributed by atoms with van der Waals surface area (Å²) in [5, 5.41) is 31.8. The molecule has 0 spiro atoms. The van der Waals surface area contributed by atoms with Crippen LogP contribution >= 0.6 is 0 Å². The monoisotopic (exact) mass is 520 g/mol. The van der Waals surface area contributed by atoms with E-state index in [9.17, 15) is 33.3 Å². The van der Waals surface area contributed by atoms with Crippen LogP contribution in [0.3, 0.4) is 0 Å². The second kappa shape index (κ2) is 9.63. The molecule has 0 aliphatic carbocycles. The highest BCUT2D eigenvalue weighted by Gasteiger charge is 2.43. The summed E-state index contributed by atoms with van der Waals surface area (Å²) in [5.41, 5.74) is 0.218. The summed E-state index contributed by atoms with van der Waals surface area (Å²) in [5.74, 6) is -1.21. The largest absolute Gasteiger partial charge is 0.490 e. The highest BCUT2D eigenvalue weighted by molar-refractivity contribution is 5.96. The first-order valence-corrected chi connectivity index (χ1v) is 11.8. The number of hydrogen-bond acceptors (Lipinski definition) is 4. The molecule has 2 atom stereocenters. The molecule has 0 saturated carbocycles. The number of aromatic carboxylic acids is 1. The number of fused-ring (bicyclic) bond motifs is 1. The Kier molecular flexibility index (Phi) is 6.46. The van der Waals surface area contributed by atoms with Crippen molar-refractivity contribution in [3.63, 3.8) is 0 Å². The second-order valence-electron chi connectivity index (χ2n) is 9.35. The molecule has 1 aliphatic rings. The second-order valence-corrected chi connectivity index (χ2v) is 9.35. The molecule has 0 bridgehead atoms. The van der Waals surface area contributed by atoms with Crippen LogP contribution in [-0.2, 0) is 12.6 Å². The number of aliphatic hydroxyl groups is 2. The molecule has 5 rings (SSSR count). The summed E-state index contributed by atoms with van der Waals surface area (Å²) in [6, 6.07) is 24.0. The van der Waals surface area contributed by atoms with E-state index >= 15 is 0 Å². The van der Waals surface area contributed by atoms with Crippen molar-refractivity contribution in [2.24, 2.45) is 0 Å². The summed E-state index contributed by atoms with van der Waals surface area (Å²) in [6.45, 7) is -0.264. The molecule has 4 aromatic carbocycles. The molecule has 4 aromatic rings. The number of ether oxygens (including phenoxy) is 1. The fourth-order valence-corrected chi connectivity index (χ4v) is 4.72. The molecule has 8 heteroatoms. The third-order valence-electron chi connectivity index (χ3n) is 6.75. The molecule has 1 aliphatic heterocycles. The summed E-state index contributed by atoms with van der Waals surface area (Å²) in [6.07, 6.45) is -5.89. The Labute approximate surface area is 216 Å². The van der Waals surface area contributed by atoms with Gasteiger partial charge in [-0.2, -0.15) is 13.2 Å². The molecule has 1 heterocycles. The minimum Gasteiger partial charge on any atom is -0.490 e. The van der Waals surface area contributed by atoms with Crippen LogP contribution in [-0.4, -0.2) is 33.5 Å². The Morgan fingerprint density at radius 1 is 0.895 bits per heavy atom. The standard InChI is InChI=1S/C30H23F3O5/c31-30(32,33)22-11-13-23(28(35)36)25(15-22)21-10-12-24-26(14-21)38-17-29(37,27(24)34)16-18-6-8-20(9-7-18)19-4-2-1-3-5-19/h1-15,27,34,37H,16-17H2,(H,35,36)/t27-,29+/m1/s1. The third kappa shape index (κ3) is 4.88. The quantitative estimate of drug-likeness (QED) is 0.294. The molecule has 0 fully saturated rings. The fraction of sp³-hybridized carbons (Fsp3) is 0.167. The maximum absolute atomic E-state index is 13.3. The van der Waals surface area contributed by atoms with Crippen LogP contribution < -0.4 is 4.74 Å². The van der Waals surface area contributed by atoms with Gasteiger partial charge in [0, 0.05) is 12.0 Å². The van der Waals surface area contributed by atoms with Crippen molar-refractivity contribution in [1.29, 1.82) is 0 Å². The molecule has 0 aromatic heterocycles. The summed E-state index contributed by atoms with van der Waals surface area (Å²) < 4.78 is 45.6. The van der Waals surface area contributed by atoms with E-state index in [2.05, 4.69) is 0 Å². The zero-order chi connectivity index (χ0) is 27.1. The van der Waals surface area contributed by atoms with E-state index in [4.69, 9.17) is 4.74 Å². The van der Waals surface area contributed by atoms with Gasteiger partial charge in [-0.05, 0) is 52.1 Å². The molecular weight excluding hydrogens is 497 g/mol. The molecule has 0 unspecified atom stereocenters. The van der Waals surface area contributed by atoms with Gasteiger partial charge in [-0.25, -0.2) is 4.79 Å². The minimum absolute atomic E-state index is 0.0984. The van der Waals surface area contributed by atoms with Crippen molar-refractivity contribution in [1.82, 2.24) is 0 Å². The van der Waals surface area contributed by atoms with Crippen LogP contribution in [0, 0.1) is 0 Å². The van der Waals surface area contributed by atoms with Crippen molar-refractivity contribution in [2.45, 2.75) is 24.3 Å². The lowest BCUT2D eigenvalue weighted by molar-refractivity contribution is -0.137. The van der Waals surface area contributed by atoms with Gasteiger partial charge in [-0.15, -0.1) is 0 Å². The van der Waals surface area contributed by atoms with E-state index in [1.807, 2.05) is 54.6 Å². The lowest BCUT2D eigenvalue weighted by Crippen LogP contribution is -2.47. The first kappa shape index (κ1) is 25.5. The number of halogens is 3. The number of alkyl halides is 3. The first-order chi connectivity index (χ1) is 18.0. The summed E-state index contributed by atoms with van der Waals surface area (Å²) in [7, 11) is 0. The fourth-order valence-electron chi connectivity index (χ4n) is 4.72. The summed E-state index contributed by atoms with van der Waals surface area (Å²) in [4.78, 5) is 11.7. The molecule has 38 heavy (non-hydrogen) atoms. The Morgan fingerprint density at radius 3 is 2.21 bits per heavy atom. The van der Waals surface area contributed by atoms with Crippen LogP contribution in [0.2, 0.25) is 0 Å². The third-order valence-corrected chi connectivity index (χ3v) is 6.75. The van der Waals surface area contributed by atoms with E-state index in [-0.39, 0.29) is 41.0 Å². The number of carboxylic acid groups (broad SMARTS) is 1. The number of benzene rings is 4. The topological polar surface area (TPSA) is 87.0 Å². The van der Waals surface area contributed by atoms with Crippen molar-refractivity contribution >= 4 is 5.97 Å². The number of aliphatic hydroxyl groups excluding tert-OH is 1. The van der Waals surface area contributed by atoms with E-state index in [0.717, 1.165) is 34.9 Å². The Bertz CT molecular complexity index is 1480. The SMILES string of the molecule is O=C(O)c1ccc(C(F)(F)F)cc1-c1ccc2c(c1)OC[C@@](O)(Cc1ccc(-c3ccccc3)cc1)[C@@H]2O. The number of carbonyl (C=O) groups is 1. The molecule has 0 amide bonds. The molecule has 5 nitrogen and oxygen atoms in total. The van der Waals surface area contributed by atoms with Crippen LogP contribution in [0.1, 0.15) is 33.2 Å². The lowest BCUT2D eigenvalue weighted by Gasteiger charge is -2.38. The van der Waals surface area contributed by atoms with Crippen molar-refractivity contribution < 1.29 is 38.0 Å². The minimum atomic E-state index is -4.65. The zero-order valence-electron chi connectivity index (χ0n) is 19.9. The van der Waals surface area contributed by atoms with Gasteiger partial charge in [0.2, 0.25) is 0 Å². The zero-order valence-corrected chi connectivity index (χ0v) is 19.9. The molecule has 194 valence electrons. The predicted octanol–water partition coefficient (Wildman–Crippen LogP) is 6.14. The van der Waals surface area contributed by atoms with E-state index in [0.29, 0.717) is 0 Å². The Balaban J connectivity index is 1.42. The van der Waals surface area contributed by atoms with Gasteiger partial charge in [0.1, 0.15) is 24.1 Å². The number of hydrogen-bond donors (Lipinski definition) is 3. The lowest BCUT2D eigenvalue weighted by atomic mass is 9.83. The van der Waals surface area contributed by atoms with Crippen LogP contribution in [0.15, 0.2) is 91.0 Å². The van der Waals surface area contributed by atoms with Crippen LogP contribution in [0.25, 0.3) is 22.3 Å². The van der Waals surface area contributed by atoms with Gasteiger partial charge >= 0.3 is 12.1 Å². The Hall–Kier alpha value is -4.14. The normalized spacial score (nSPS) is 18.9. The molecule has 0 radical (unpaired) electrons. The number of carboxylic acids is 1. The van der Waals surface area contributed by atoms with Gasteiger partial charge in [-0.3, -0.25) is 0 Å². The highest BCUT2D eigenvalue weighted by atomic mass is 19.4. The van der Waals surface area contributed by atoms with E-state index in [1.165, 1.54) is 18.2 Å². The van der Waals surface area contributed by atoms with Crippen LogP contribution in [0.4, 0.5) is 13.2 Å². The smallest absolute Gasteiger partial charge is 0.416 e. The molecular formula is C30H23F3O5. The first-order valence-electron chi connectivity index (χ1n) is 11.8. The van der Waals surface area contributed by atoms with E-state index < -0.39 is 29.4 Å². The van der Waals surface area contributed by atoms with Gasteiger partial charge in [0.25, 0.3) is 0 Å². The van der Waals surface area contributed by atoms with E-state index in [1.54, 1.807) is 0 Å². The average Bonchev–Trinajstić information content (AvgIpc) is 2.91. The van der Waals surface area contributed by atoms with Crippen LogP contribution in [0.5, 0.6) is 5.75 Å². The van der Waals surface area contributed by atoms with Crippen molar-refractivity contribution in [3.05, 3.63) is 113 Å². The van der Waals surface area contributed by atoms with Gasteiger partial charge in [-0.1, -0.05) is 66.7 Å². The maximum Gasteiger partial charge on any atom is 0.416 e. The van der Waals surface area contributed by atoms with Gasteiger partial charge in [0.15, 0.2) is 0 Å². The highest BCUT2D eigenvalue weighted by Crippen LogP contribution is 2.42. The average molecular weight is 521 g/mol. The molecule has 0 saturated heterocycles. The van der Waals surface area contributed by atoms with Gasteiger partial charge in [0.05, 0.1) is 11.1 Å². The van der Waals surface area contributed by atoms with Gasteiger partial charge < -0.3 is 20.1 Å².